The average molecular weight is 363 g/mol. The molecule has 2 atom stereocenters. The van der Waals surface area contributed by atoms with Crippen LogP contribution in [0.1, 0.15) is 22.3 Å². The van der Waals surface area contributed by atoms with Gasteiger partial charge in [0.2, 0.25) is 0 Å². The molecule has 0 aliphatic carbocycles. The van der Waals surface area contributed by atoms with E-state index in [0.717, 1.165) is 37.3 Å². The molecule has 0 radical (unpaired) electrons. The molecule has 2 aliphatic rings. The highest BCUT2D eigenvalue weighted by molar-refractivity contribution is 6.06. The highest BCUT2D eigenvalue weighted by atomic mass is 19.1. The summed E-state index contributed by atoms with van der Waals surface area (Å²) in [6.07, 6.45) is 4.14. The van der Waals surface area contributed by atoms with Crippen LogP contribution in [0, 0.1) is 17.1 Å². The lowest BCUT2D eigenvalue weighted by Gasteiger charge is -2.35. The molecule has 2 fully saturated rings. The fourth-order valence-electron chi connectivity index (χ4n) is 3.88. The van der Waals surface area contributed by atoms with Crippen molar-refractivity contribution in [2.45, 2.75) is 18.5 Å². The molecule has 1 N–H and O–H groups in total. The first-order valence-electron chi connectivity index (χ1n) is 8.79. The first kappa shape index (κ1) is 17.1. The highest BCUT2D eigenvalue weighted by Gasteiger charge is 2.42. The van der Waals surface area contributed by atoms with Gasteiger partial charge in [-0.3, -0.25) is 4.79 Å². The Morgan fingerprint density at radius 2 is 1.96 bits per heavy atom. The minimum atomic E-state index is -0.553. The molecule has 27 heavy (non-hydrogen) atoms. The number of hydrogen-bond acceptors (Lipinski definition) is 5. The molecule has 5 nitrogen and oxygen atoms in total. The van der Waals surface area contributed by atoms with E-state index >= 15 is 0 Å². The van der Waals surface area contributed by atoms with E-state index in [-0.39, 0.29) is 11.3 Å². The number of aromatic hydroxyl groups is 1. The Kier molecular flexibility index (Phi) is 4.28. The minimum Gasteiger partial charge on any atom is -0.507 e. The van der Waals surface area contributed by atoms with E-state index in [1.54, 1.807) is 6.20 Å². The summed E-state index contributed by atoms with van der Waals surface area (Å²) in [5, 5.41) is 18.6. The lowest BCUT2D eigenvalue weighted by Crippen LogP contribution is -2.44. The predicted octanol–water partition coefficient (Wildman–Crippen LogP) is 3.06. The molecule has 2 bridgehead atoms. The van der Waals surface area contributed by atoms with Crippen molar-refractivity contribution in [1.29, 1.82) is 5.26 Å². The standard InChI is InChI=1S/C21H18FN3O2/c22-15-3-6-20(26)19(9-15)21(27)7-8-24-12-18-10-17(24)13-25(18)16-4-1-14(11-23)2-5-16/h1-9,17-18,26H,10,12-13H2/b8-7+/t17-,18-/m1/s1. The van der Waals surface area contributed by atoms with Crippen LogP contribution in [0.3, 0.4) is 0 Å². The van der Waals surface area contributed by atoms with Crippen LogP contribution in [-0.2, 0) is 0 Å². The van der Waals surface area contributed by atoms with Crippen LogP contribution in [0.5, 0.6) is 5.75 Å². The fourth-order valence-corrected chi connectivity index (χ4v) is 3.88. The largest absolute Gasteiger partial charge is 0.507 e. The molecule has 0 spiro atoms. The number of piperazine rings is 1. The Balaban J connectivity index is 1.42. The van der Waals surface area contributed by atoms with Gasteiger partial charge >= 0.3 is 0 Å². The number of carbonyl (C=O) groups is 1. The molecule has 0 amide bonds. The zero-order valence-corrected chi connectivity index (χ0v) is 14.5. The van der Waals surface area contributed by atoms with Crippen molar-refractivity contribution in [2.24, 2.45) is 0 Å². The van der Waals surface area contributed by atoms with Gasteiger partial charge in [-0.25, -0.2) is 4.39 Å². The number of anilines is 1. The maximum absolute atomic E-state index is 13.3. The third-order valence-electron chi connectivity index (χ3n) is 5.25. The number of nitrogens with zero attached hydrogens (tertiary/aromatic N) is 3. The van der Waals surface area contributed by atoms with Gasteiger partial charge in [-0.2, -0.15) is 5.26 Å². The van der Waals surface area contributed by atoms with Crippen LogP contribution < -0.4 is 4.90 Å². The summed E-state index contributed by atoms with van der Waals surface area (Å²) < 4.78 is 13.3. The number of phenols is 1. The van der Waals surface area contributed by atoms with E-state index in [1.165, 1.54) is 12.1 Å². The summed E-state index contributed by atoms with van der Waals surface area (Å²) in [6, 6.07) is 13.7. The van der Waals surface area contributed by atoms with Gasteiger partial charge in [-0.05, 0) is 48.9 Å². The molecular formula is C21H18FN3O2. The van der Waals surface area contributed by atoms with Crippen molar-refractivity contribution in [2.75, 3.05) is 18.0 Å². The number of rotatable bonds is 4. The number of halogens is 1. The van der Waals surface area contributed by atoms with Gasteiger partial charge in [0.05, 0.1) is 17.2 Å². The van der Waals surface area contributed by atoms with E-state index in [1.807, 2.05) is 24.3 Å². The molecule has 0 saturated carbocycles. The van der Waals surface area contributed by atoms with Crippen molar-refractivity contribution in [3.63, 3.8) is 0 Å². The van der Waals surface area contributed by atoms with Crippen LogP contribution >= 0.6 is 0 Å². The number of hydrogen-bond donors (Lipinski definition) is 1. The van der Waals surface area contributed by atoms with Gasteiger partial charge in [-0.1, -0.05) is 0 Å². The number of nitriles is 1. The van der Waals surface area contributed by atoms with Crippen LogP contribution in [0.2, 0.25) is 0 Å². The normalized spacial score (nSPS) is 21.0. The molecule has 2 aliphatic heterocycles. The van der Waals surface area contributed by atoms with Crippen molar-refractivity contribution >= 4 is 11.5 Å². The van der Waals surface area contributed by atoms with Crippen LogP contribution in [0.25, 0.3) is 0 Å². The second kappa shape index (κ2) is 6.76. The number of likely N-dealkylation sites (tertiary alicyclic amines) is 1. The molecule has 6 heteroatoms. The smallest absolute Gasteiger partial charge is 0.191 e. The Morgan fingerprint density at radius 1 is 1.19 bits per heavy atom. The van der Waals surface area contributed by atoms with Crippen molar-refractivity contribution < 1.29 is 14.3 Å². The molecular weight excluding hydrogens is 345 g/mol. The molecule has 2 heterocycles. The summed E-state index contributed by atoms with van der Waals surface area (Å²) in [5.74, 6) is -1.19. The zero-order valence-electron chi connectivity index (χ0n) is 14.5. The van der Waals surface area contributed by atoms with E-state index in [9.17, 15) is 14.3 Å². The summed E-state index contributed by atoms with van der Waals surface area (Å²) in [5.41, 5.74) is 1.72. The van der Waals surface area contributed by atoms with Gasteiger partial charge in [0, 0.05) is 43.1 Å². The van der Waals surface area contributed by atoms with Crippen molar-refractivity contribution in [1.82, 2.24) is 4.90 Å². The quantitative estimate of drug-likeness (QED) is 0.668. The number of benzene rings is 2. The number of fused-ring (bicyclic) bond motifs is 2. The second-order valence-electron chi connectivity index (χ2n) is 6.89. The minimum absolute atomic E-state index is 0.0326. The number of phenolic OH excluding ortho intramolecular Hbond substituents is 1. The van der Waals surface area contributed by atoms with E-state index in [4.69, 9.17) is 5.26 Å². The summed E-state index contributed by atoms with van der Waals surface area (Å²) in [4.78, 5) is 16.7. The van der Waals surface area contributed by atoms with E-state index < -0.39 is 11.6 Å². The fraction of sp³-hybridized carbons (Fsp3) is 0.238. The van der Waals surface area contributed by atoms with Crippen molar-refractivity contribution in [3.8, 4) is 11.8 Å². The highest BCUT2D eigenvalue weighted by Crippen LogP contribution is 2.34. The Hall–Kier alpha value is -3.33. The monoisotopic (exact) mass is 363 g/mol. The topological polar surface area (TPSA) is 67.6 Å². The van der Waals surface area contributed by atoms with Crippen molar-refractivity contribution in [3.05, 3.63) is 71.7 Å². The number of carbonyl (C=O) groups excluding carboxylic acids is 1. The van der Waals surface area contributed by atoms with Gasteiger partial charge in [0.15, 0.2) is 5.78 Å². The summed E-state index contributed by atoms with van der Waals surface area (Å²) in [6.45, 7) is 1.64. The second-order valence-corrected chi connectivity index (χ2v) is 6.89. The molecule has 4 rings (SSSR count). The van der Waals surface area contributed by atoms with Gasteiger partial charge in [-0.15, -0.1) is 0 Å². The van der Waals surface area contributed by atoms with E-state index in [2.05, 4.69) is 15.9 Å². The molecule has 136 valence electrons. The lowest BCUT2D eigenvalue weighted by atomic mass is 10.1. The maximum Gasteiger partial charge on any atom is 0.191 e. The van der Waals surface area contributed by atoms with Crippen LogP contribution in [-0.4, -0.2) is 41.0 Å². The van der Waals surface area contributed by atoms with E-state index in [0.29, 0.717) is 17.6 Å². The Bertz CT molecular complexity index is 949. The third-order valence-corrected chi connectivity index (χ3v) is 5.25. The first-order valence-corrected chi connectivity index (χ1v) is 8.79. The van der Waals surface area contributed by atoms with Gasteiger partial charge in [0.1, 0.15) is 11.6 Å². The maximum atomic E-state index is 13.3. The summed E-state index contributed by atoms with van der Waals surface area (Å²) >= 11 is 0. The van der Waals surface area contributed by atoms with Crippen LogP contribution in [0.15, 0.2) is 54.7 Å². The molecule has 0 aromatic heterocycles. The predicted molar refractivity (Wildman–Crippen MR) is 98.9 cm³/mol. The lowest BCUT2D eigenvalue weighted by molar-refractivity contribution is 0.104. The van der Waals surface area contributed by atoms with Gasteiger partial charge < -0.3 is 14.9 Å². The molecule has 2 saturated heterocycles. The zero-order chi connectivity index (χ0) is 19.0. The number of ketones is 1. The Labute approximate surface area is 156 Å². The molecule has 2 aromatic carbocycles. The average Bonchev–Trinajstić information content (AvgIpc) is 3.28. The molecule has 0 unspecified atom stereocenters. The SMILES string of the molecule is N#Cc1ccc(N2C[C@H]3C[C@@H]2CN3/C=C/C(=O)c2cc(F)ccc2O)cc1. The van der Waals surface area contributed by atoms with Crippen LogP contribution in [0.4, 0.5) is 10.1 Å². The molecule has 2 aromatic rings. The number of allylic oxidation sites excluding steroid dienone is 1. The first-order chi connectivity index (χ1) is 13.0. The summed E-state index contributed by atoms with van der Waals surface area (Å²) in [7, 11) is 0. The Morgan fingerprint density at radius 3 is 2.63 bits per heavy atom. The van der Waals surface area contributed by atoms with Gasteiger partial charge in [0.25, 0.3) is 0 Å². The third kappa shape index (κ3) is 3.24.